The van der Waals surface area contributed by atoms with Crippen molar-refractivity contribution >= 4 is 49.4 Å². The van der Waals surface area contributed by atoms with E-state index in [0.29, 0.717) is 0 Å². The van der Waals surface area contributed by atoms with Gasteiger partial charge in [0, 0.05) is 17.1 Å². The van der Waals surface area contributed by atoms with Crippen LogP contribution in [0.2, 0.25) is 0 Å². The molecule has 1 heteroatoms. The van der Waals surface area contributed by atoms with E-state index < -0.39 is 0 Å². The number of nitrogens with zero attached hydrogens (tertiary/aromatic N) is 1. The van der Waals surface area contributed by atoms with Crippen LogP contribution < -0.4 is 4.90 Å². The Morgan fingerprint density at radius 2 is 0.755 bits per heavy atom. The maximum atomic E-state index is 2.39. The van der Waals surface area contributed by atoms with E-state index in [-0.39, 0.29) is 0 Å². The lowest BCUT2D eigenvalue weighted by Gasteiger charge is -2.26. The van der Waals surface area contributed by atoms with Gasteiger partial charge in [-0.05, 0) is 108 Å². The van der Waals surface area contributed by atoms with Gasteiger partial charge in [0.1, 0.15) is 0 Å². The number of hydrogen-bond donors (Lipinski definition) is 0. The number of benzene rings is 9. The molecule has 0 radical (unpaired) electrons. The Morgan fingerprint density at radius 3 is 1.51 bits per heavy atom. The summed E-state index contributed by atoms with van der Waals surface area (Å²) in [5, 5.41) is 7.68. The third-order valence-corrected chi connectivity index (χ3v) is 9.65. The fraction of sp³-hybridized carbons (Fsp3) is 0. The van der Waals surface area contributed by atoms with Crippen molar-refractivity contribution < 1.29 is 0 Å². The van der Waals surface area contributed by atoms with Crippen LogP contribution in [-0.2, 0) is 0 Å². The molecule has 0 saturated carbocycles. The molecule has 9 aromatic carbocycles. The number of anilines is 3. The summed E-state index contributed by atoms with van der Waals surface area (Å²) in [5.41, 5.74) is 10.6. The minimum Gasteiger partial charge on any atom is -0.310 e. The third-order valence-electron chi connectivity index (χ3n) is 9.65. The van der Waals surface area contributed by atoms with Crippen LogP contribution in [0.25, 0.3) is 65.7 Å². The highest BCUT2D eigenvalue weighted by atomic mass is 15.1. The van der Waals surface area contributed by atoms with Crippen molar-refractivity contribution in [1.82, 2.24) is 0 Å². The highest BCUT2D eigenvalue weighted by Crippen LogP contribution is 2.41. The van der Waals surface area contributed by atoms with Crippen molar-refractivity contribution in [3.63, 3.8) is 0 Å². The first-order valence-corrected chi connectivity index (χ1v) is 16.8. The molecule has 49 heavy (non-hydrogen) atoms. The second kappa shape index (κ2) is 12.3. The van der Waals surface area contributed by atoms with Gasteiger partial charge < -0.3 is 4.90 Å². The lowest BCUT2D eigenvalue weighted by Crippen LogP contribution is -2.09. The zero-order chi connectivity index (χ0) is 32.6. The van der Waals surface area contributed by atoms with E-state index in [9.17, 15) is 0 Å². The van der Waals surface area contributed by atoms with E-state index in [1.54, 1.807) is 0 Å². The van der Waals surface area contributed by atoms with Crippen LogP contribution in [0.15, 0.2) is 200 Å². The summed E-state index contributed by atoms with van der Waals surface area (Å²) in [6.45, 7) is 0. The first kappa shape index (κ1) is 28.8. The molecule has 0 fully saturated rings. The summed E-state index contributed by atoms with van der Waals surface area (Å²) in [7, 11) is 0. The molecule has 0 unspecified atom stereocenters. The number of hydrogen-bond acceptors (Lipinski definition) is 1. The summed E-state index contributed by atoms with van der Waals surface area (Å²) in [4.78, 5) is 2.34. The molecular weight excluding hydrogens is 591 g/mol. The summed E-state index contributed by atoms with van der Waals surface area (Å²) >= 11 is 0. The SMILES string of the molecule is c1ccc(-c2ccc(-c3cccc(N(c4ccccc4)c4ccc(-c5cc6c7ccccc7ccc6c6ccccc56)cc4)c3)cc2)cc1. The van der Waals surface area contributed by atoms with Gasteiger partial charge in [-0.25, -0.2) is 0 Å². The summed E-state index contributed by atoms with van der Waals surface area (Å²) in [6.07, 6.45) is 0. The first-order valence-electron chi connectivity index (χ1n) is 16.8. The average molecular weight is 624 g/mol. The minimum absolute atomic E-state index is 1.11. The van der Waals surface area contributed by atoms with Gasteiger partial charge >= 0.3 is 0 Å². The first-order chi connectivity index (χ1) is 24.3. The van der Waals surface area contributed by atoms with E-state index in [1.165, 1.54) is 65.7 Å². The summed E-state index contributed by atoms with van der Waals surface area (Å²) in [6, 6.07) is 72.3. The van der Waals surface area contributed by atoms with E-state index in [1.807, 2.05) is 0 Å². The monoisotopic (exact) mass is 623 g/mol. The summed E-state index contributed by atoms with van der Waals surface area (Å²) < 4.78 is 0. The van der Waals surface area contributed by atoms with Crippen LogP contribution in [0.4, 0.5) is 17.1 Å². The zero-order valence-electron chi connectivity index (χ0n) is 27.0. The van der Waals surface area contributed by atoms with Gasteiger partial charge in [-0.3, -0.25) is 0 Å². The standard InChI is InChI=1S/C48H33N/c1-3-12-34(13-4-1)35-22-24-36(25-23-35)39-15-11-18-42(32-39)49(40-16-5-2-6-17-40)41-29-26-38(27-30-41)47-33-48-43-19-8-7-14-37(43)28-31-46(48)44-20-9-10-21-45(44)47/h1-33H. The molecule has 9 rings (SSSR count). The predicted molar refractivity (Wildman–Crippen MR) is 210 cm³/mol. The van der Waals surface area contributed by atoms with Crippen molar-refractivity contribution in [2.75, 3.05) is 4.90 Å². The Bertz CT molecular complexity index is 2570. The minimum atomic E-state index is 1.11. The molecule has 230 valence electrons. The number of rotatable bonds is 6. The van der Waals surface area contributed by atoms with Crippen LogP contribution in [0.3, 0.4) is 0 Å². The maximum absolute atomic E-state index is 2.39. The van der Waals surface area contributed by atoms with E-state index in [0.717, 1.165) is 17.1 Å². The molecule has 0 aliphatic rings. The quantitative estimate of drug-likeness (QED) is 0.167. The molecule has 1 nitrogen and oxygen atoms in total. The van der Waals surface area contributed by atoms with E-state index >= 15 is 0 Å². The van der Waals surface area contributed by atoms with Gasteiger partial charge in [-0.2, -0.15) is 0 Å². The van der Waals surface area contributed by atoms with Crippen LogP contribution in [0, 0.1) is 0 Å². The predicted octanol–water partition coefficient (Wildman–Crippen LogP) is 13.6. The fourth-order valence-electron chi connectivity index (χ4n) is 7.22. The maximum Gasteiger partial charge on any atom is 0.0467 e. The Kier molecular flexibility index (Phi) is 7.22. The van der Waals surface area contributed by atoms with Crippen LogP contribution in [-0.4, -0.2) is 0 Å². The second-order valence-corrected chi connectivity index (χ2v) is 12.6. The van der Waals surface area contributed by atoms with Crippen molar-refractivity contribution in [3.8, 4) is 33.4 Å². The fourth-order valence-corrected chi connectivity index (χ4v) is 7.22. The lowest BCUT2D eigenvalue weighted by molar-refractivity contribution is 1.28. The molecule has 0 aliphatic carbocycles. The molecule has 0 N–H and O–H groups in total. The van der Waals surface area contributed by atoms with Crippen molar-refractivity contribution in [1.29, 1.82) is 0 Å². The largest absolute Gasteiger partial charge is 0.310 e. The van der Waals surface area contributed by atoms with Gasteiger partial charge in [-0.15, -0.1) is 0 Å². The molecule has 0 bridgehead atoms. The molecule has 0 saturated heterocycles. The van der Waals surface area contributed by atoms with Gasteiger partial charge in [0.05, 0.1) is 0 Å². The Labute approximate surface area is 287 Å². The Hall–Kier alpha value is -6.44. The molecule has 9 aromatic rings. The molecule has 0 amide bonds. The number of fused-ring (bicyclic) bond motifs is 5. The molecule has 0 aliphatic heterocycles. The van der Waals surface area contributed by atoms with Gasteiger partial charge in [-0.1, -0.05) is 158 Å². The average Bonchev–Trinajstić information content (AvgIpc) is 3.19. The molecule has 0 heterocycles. The van der Waals surface area contributed by atoms with E-state index in [4.69, 9.17) is 0 Å². The van der Waals surface area contributed by atoms with Crippen LogP contribution in [0.5, 0.6) is 0 Å². The van der Waals surface area contributed by atoms with Gasteiger partial charge in [0.25, 0.3) is 0 Å². The van der Waals surface area contributed by atoms with Crippen LogP contribution in [0.1, 0.15) is 0 Å². The smallest absolute Gasteiger partial charge is 0.0467 e. The van der Waals surface area contributed by atoms with Crippen LogP contribution >= 0.6 is 0 Å². The van der Waals surface area contributed by atoms with Crippen molar-refractivity contribution in [2.45, 2.75) is 0 Å². The molecular formula is C48H33N. The Balaban J connectivity index is 1.13. The Morgan fingerprint density at radius 1 is 0.245 bits per heavy atom. The highest BCUT2D eigenvalue weighted by Gasteiger charge is 2.15. The zero-order valence-corrected chi connectivity index (χ0v) is 27.0. The second-order valence-electron chi connectivity index (χ2n) is 12.6. The lowest BCUT2D eigenvalue weighted by atomic mass is 9.91. The van der Waals surface area contributed by atoms with Gasteiger partial charge in [0.15, 0.2) is 0 Å². The normalized spacial score (nSPS) is 11.3. The molecule has 0 aromatic heterocycles. The van der Waals surface area contributed by atoms with Gasteiger partial charge in [0.2, 0.25) is 0 Å². The topological polar surface area (TPSA) is 3.24 Å². The number of para-hydroxylation sites is 1. The highest BCUT2D eigenvalue weighted by molar-refractivity contribution is 6.21. The van der Waals surface area contributed by atoms with Crippen molar-refractivity contribution in [2.24, 2.45) is 0 Å². The summed E-state index contributed by atoms with van der Waals surface area (Å²) in [5.74, 6) is 0. The van der Waals surface area contributed by atoms with E-state index in [2.05, 4.69) is 205 Å². The third kappa shape index (κ3) is 5.32. The molecule has 0 atom stereocenters. The van der Waals surface area contributed by atoms with Crippen molar-refractivity contribution in [3.05, 3.63) is 200 Å². The molecule has 0 spiro atoms.